The van der Waals surface area contributed by atoms with Crippen LogP contribution in [0.25, 0.3) is 49.9 Å². The Morgan fingerprint density at radius 2 is 1.32 bits per heavy atom. The Morgan fingerprint density at radius 3 is 2.01 bits per heavy atom. The molecule has 0 bridgehead atoms. The third-order valence-corrected chi connectivity index (χ3v) is 13.1. The number of hydrogen-bond donors (Lipinski definition) is 0. The number of rotatable bonds is 10. The van der Waals surface area contributed by atoms with Crippen molar-refractivity contribution in [1.29, 1.82) is 0 Å². The molecule has 69 heavy (non-hydrogen) atoms. The fourth-order valence-corrected chi connectivity index (χ4v) is 9.66. The first kappa shape index (κ1) is 47.5. The molecule has 10 rings (SSSR count). The minimum atomic E-state index is -0.597. The van der Waals surface area contributed by atoms with Gasteiger partial charge in [-0.1, -0.05) is 122 Å². The molecule has 3 heterocycles. The molecule has 0 atom stereocenters. The summed E-state index contributed by atoms with van der Waals surface area (Å²) in [4.78, 5) is 9.25. The van der Waals surface area contributed by atoms with Crippen molar-refractivity contribution in [1.82, 2.24) is 9.55 Å². The van der Waals surface area contributed by atoms with E-state index >= 15 is 4.39 Å². The summed E-state index contributed by atoms with van der Waals surface area (Å²) in [6.45, 7) is 22.0. The molecule has 0 saturated heterocycles. The number of hydrogen-bond acceptors (Lipinski definition) is 4. The van der Waals surface area contributed by atoms with E-state index in [4.69, 9.17) is 9.72 Å². The summed E-state index contributed by atoms with van der Waals surface area (Å²) in [6, 6.07) is 53.3. The van der Waals surface area contributed by atoms with Crippen LogP contribution < -0.4 is 14.5 Å². The summed E-state index contributed by atoms with van der Waals surface area (Å²) in [5, 5.41) is 2.16. The van der Waals surface area contributed by atoms with Gasteiger partial charge in [0.2, 0.25) is 0 Å². The van der Waals surface area contributed by atoms with E-state index in [-0.39, 0.29) is 44.2 Å². The number of pyridine rings is 1. The van der Waals surface area contributed by atoms with Crippen molar-refractivity contribution in [2.75, 3.05) is 9.80 Å². The molecular weight excluding hydrogens is 1040 g/mol. The van der Waals surface area contributed by atoms with E-state index in [0.717, 1.165) is 84.3 Å². The second kappa shape index (κ2) is 18.7. The van der Waals surface area contributed by atoms with E-state index in [1.807, 2.05) is 36.5 Å². The van der Waals surface area contributed by atoms with Crippen molar-refractivity contribution in [3.05, 3.63) is 198 Å². The van der Waals surface area contributed by atoms with Gasteiger partial charge in [-0.25, -0.2) is 13.8 Å². The van der Waals surface area contributed by atoms with Crippen LogP contribution in [0, 0.1) is 30.4 Å². The summed E-state index contributed by atoms with van der Waals surface area (Å²) in [5.74, 6) is 1.13. The summed E-state index contributed by atoms with van der Waals surface area (Å²) >= 11 is 0. The van der Waals surface area contributed by atoms with E-state index in [0.29, 0.717) is 17.1 Å². The van der Waals surface area contributed by atoms with Crippen LogP contribution in [0.2, 0.25) is 0 Å². The van der Waals surface area contributed by atoms with Crippen molar-refractivity contribution >= 4 is 44.6 Å². The first-order valence-corrected chi connectivity index (χ1v) is 23.6. The number of aromatic nitrogens is 2. The summed E-state index contributed by atoms with van der Waals surface area (Å²) in [6.07, 6.45) is 1.81. The topological polar surface area (TPSA) is 33.5 Å². The minimum absolute atomic E-state index is 0. The molecule has 352 valence electrons. The SMILES string of the molecule is CC(C)c1ccc2c(c1)N(c1c(C(C)C)cc(-c3ccc(F)cc3F)cc1C(C)C)[CH-]N2c1[c-]c(Oc2[c-]c3c(cc2)c2ccccc2n3-c2ccccn2)cc(-c2ccccc2C(C)(C)C)c1.[Pt]. The molecule has 0 N–H and O–H groups in total. The molecule has 7 aromatic carbocycles. The van der Waals surface area contributed by atoms with E-state index in [9.17, 15) is 4.39 Å². The number of fused-ring (bicyclic) bond motifs is 4. The molecule has 0 radical (unpaired) electrons. The Morgan fingerprint density at radius 1 is 0.609 bits per heavy atom. The molecule has 0 fully saturated rings. The van der Waals surface area contributed by atoms with Gasteiger partial charge < -0.3 is 19.1 Å². The molecular formula is C61H55F2N4OPt-3. The number of anilines is 4. The van der Waals surface area contributed by atoms with Gasteiger partial charge in [0.25, 0.3) is 0 Å². The minimum Gasteiger partial charge on any atom is -0.509 e. The second-order valence-electron chi connectivity index (χ2n) is 19.8. The van der Waals surface area contributed by atoms with Crippen LogP contribution in [0.5, 0.6) is 11.5 Å². The Labute approximate surface area is 419 Å². The van der Waals surface area contributed by atoms with Gasteiger partial charge in [0.05, 0.1) is 0 Å². The molecule has 9 aromatic rings. The standard InChI is InChI=1S/C61H55F2N4O.Pt/c1-37(2)40-21-26-56-58(32-40)66(60-51(38(3)4)30-42(31-52(60)39(5)6)48-24-22-43(62)33-54(48)63)36-65(56)44-28-41(47-16-10-12-18-53(47)61(7,8)9)29-46(34-44)68-45-23-25-50-49-17-11-13-19-55(49)67(57(50)35-45)59-20-14-15-27-64-59;/h10-33,36-39H,1-9H3;/q-3;. The molecule has 8 heteroatoms. The molecule has 1 aliphatic rings. The van der Waals surface area contributed by atoms with E-state index in [1.54, 1.807) is 0 Å². The number of para-hydroxylation sites is 1. The summed E-state index contributed by atoms with van der Waals surface area (Å²) in [5.41, 5.74) is 13.4. The first-order valence-electron chi connectivity index (χ1n) is 23.6. The fraction of sp³-hybridized carbons (Fsp3) is 0.213. The Kier molecular flexibility index (Phi) is 12.9. The van der Waals surface area contributed by atoms with Crippen molar-refractivity contribution in [3.63, 3.8) is 0 Å². The van der Waals surface area contributed by atoms with Crippen molar-refractivity contribution in [2.24, 2.45) is 0 Å². The Balaban J connectivity index is 0.00000593. The van der Waals surface area contributed by atoms with Crippen molar-refractivity contribution < 1.29 is 34.6 Å². The zero-order valence-corrected chi connectivity index (χ0v) is 42.7. The second-order valence-corrected chi connectivity index (χ2v) is 19.8. The number of ether oxygens (including phenoxy) is 1. The summed E-state index contributed by atoms with van der Waals surface area (Å²) in [7, 11) is 0. The van der Waals surface area contributed by atoms with Gasteiger partial charge in [0.15, 0.2) is 0 Å². The van der Waals surface area contributed by atoms with Crippen LogP contribution in [0.3, 0.4) is 0 Å². The van der Waals surface area contributed by atoms with Crippen LogP contribution in [0.15, 0.2) is 146 Å². The van der Waals surface area contributed by atoms with Gasteiger partial charge in [-0.2, -0.15) is 6.07 Å². The molecule has 5 nitrogen and oxygen atoms in total. The van der Waals surface area contributed by atoms with Crippen LogP contribution >= 0.6 is 0 Å². The van der Waals surface area contributed by atoms with E-state index < -0.39 is 11.6 Å². The Hall–Kier alpha value is -6.56. The van der Waals surface area contributed by atoms with Crippen LogP contribution in [0.4, 0.5) is 31.5 Å². The maximum Gasteiger partial charge on any atom is 0.135 e. The average Bonchev–Trinajstić information content (AvgIpc) is 3.86. The zero-order chi connectivity index (χ0) is 47.6. The zero-order valence-electron chi connectivity index (χ0n) is 40.4. The predicted molar refractivity (Wildman–Crippen MR) is 276 cm³/mol. The maximum absolute atomic E-state index is 15.5. The van der Waals surface area contributed by atoms with Crippen molar-refractivity contribution in [2.45, 2.75) is 85.5 Å². The summed E-state index contributed by atoms with van der Waals surface area (Å²) < 4.78 is 38.7. The van der Waals surface area contributed by atoms with Gasteiger partial charge in [-0.3, -0.25) is 0 Å². The van der Waals surface area contributed by atoms with Gasteiger partial charge >= 0.3 is 0 Å². The average molecular weight is 1090 g/mol. The molecule has 0 spiro atoms. The largest absolute Gasteiger partial charge is 0.509 e. The number of halogens is 2. The van der Waals surface area contributed by atoms with Gasteiger partial charge in [-0.05, 0) is 117 Å². The van der Waals surface area contributed by atoms with E-state index in [1.165, 1.54) is 23.3 Å². The smallest absolute Gasteiger partial charge is 0.135 e. The fourth-order valence-electron chi connectivity index (χ4n) is 9.66. The third kappa shape index (κ3) is 8.87. The Bertz CT molecular complexity index is 3340. The van der Waals surface area contributed by atoms with Crippen LogP contribution in [-0.4, -0.2) is 9.55 Å². The first-order chi connectivity index (χ1) is 32.6. The molecule has 2 aromatic heterocycles. The van der Waals surface area contributed by atoms with Crippen molar-refractivity contribution in [3.8, 4) is 39.6 Å². The normalized spacial score (nSPS) is 12.7. The van der Waals surface area contributed by atoms with E-state index in [2.05, 4.69) is 186 Å². The van der Waals surface area contributed by atoms with Gasteiger partial charge in [0.1, 0.15) is 17.5 Å². The molecule has 1 aliphatic heterocycles. The number of benzene rings is 7. The molecule has 0 amide bonds. The quantitative estimate of drug-likeness (QED) is 0.128. The van der Waals surface area contributed by atoms with Gasteiger partial charge in [0, 0.05) is 73.0 Å². The number of nitrogens with zero attached hydrogens (tertiary/aromatic N) is 4. The van der Waals surface area contributed by atoms with Crippen LogP contribution in [0.1, 0.15) is 102 Å². The molecule has 0 saturated carbocycles. The third-order valence-electron chi connectivity index (χ3n) is 13.1. The molecule has 0 unspecified atom stereocenters. The van der Waals surface area contributed by atoms with Gasteiger partial charge in [-0.15, -0.1) is 53.6 Å². The monoisotopic (exact) mass is 1090 g/mol. The van der Waals surface area contributed by atoms with Crippen LogP contribution in [-0.2, 0) is 26.5 Å². The molecule has 0 aliphatic carbocycles. The maximum atomic E-state index is 15.5. The predicted octanol–water partition coefficient (Wildman–Crippen LogP) is 17.3.